The summed E-state index contributed by atoms with van der Waals surface area (Å²) in [4.78, 5) is 12.1. The van der Waals surface area contributed by atoms with Crippen molar-refractivity contribution in [3.63, 3.8) is 0 Å². The molecule has 0 radical (unpaired) electrons. The van der Waals surface area contributed by atoms with Crippen LogP contribution in [0.1, 0.15) is 5.56 Å². The van der Waals surface area contributed by atoms with E-state index < -0.39 is 0 Å². The van der Waals surface area contributed by atoms with E-state index in [0.717, 1.165) is 20.8 Å². The van der Waals surface area contributed by atoms with Crippen molar-refractivity contribution in [1.82, 2.24) is 0 Å². The molecule has 0 aliphatic heterocycles. The number of hydrogen-bond donors (Lipinski definition) is 1. The van der Waals surface area contributed by atoms with E-state index in [2.05, 4.69) is 21.2 Å². The Bertz CT molecular complexity index is 911. The third-order valence-corrected chi connectivity index (χ3v) is 4.96. The minimum Gasteiger partial charge on any atom is -0.483 e. The van der Waals surface area contributed by atoms with Gasteiger partial charge in [-0.15, -0.1) is 0 Å². The molecule has 3 aromatic rings. The highest BCUT2D eigenvalue weighted by atomic mass is 79.9. The Balaban J connectivity index is 1.70. The molecule has 3 nitrogen and oxygen atoms in total. The van der Waals surface area contributed by atoms with E-state index in [0.29, 0.717) is 16.5 Å². The lowest BCUT2D eigenvalue weighted by Gasteiger charge is -2.12. The number of halogens is 2. The molecule has 0 aliphatic rings. The van der Waals surface area contributed by atoms with E-state index in [1.165, 1.54) is 0 Å². The summed E-state index contributed by atoms with van der Waals surface area (Å²) < 4.78 is 6.50. The smallest absolute Gasteiger partial charge is 0.262 e. The first-order valence-corrected chi connectivity index (χ1v) is 8.58. The van der Waals surface area contributed by atoms with Crippen molar-refractivity contribution < 1.29 is 9.53 Å². The number of anilines is 1. The number of carbonyl (C=O) groups is 1. The summed E-state index contributed by atoms with van der Waals surface area (Å²) in [6.07, 6.45) is 0. The molecule has 0 aliphatic carbocycles. The van der Waals surface area contributed by atoms with Crippen LogP contribution < -0.4 is 10.1 Å². The molecule has 1 N–H and O–H groups in total. The van der Waals surface area contributed by atoms with Crippen LogP contribution in [-0.2, 0) is 4.79 Å². The fraction of sp³-hybridized carbons (Fsp3) is 0.105. The van der Waals surface area contributed by atoms with Crippen molar-refractivity contribution in [3.05, 3.63) is 69.7 Å². The minimum absolute atomic E-state index is 0.0805. The maximum atomic E-state index is 12.1. The lowest BCUT2D eigenvalue weighted by atomic mass is 10.1. The van der Waals surface area contributed by atoms with Gasteiger partial charge in [0.2, 0.25) is 0 Å². The first-order valence-electron chi connectivity index (χ1n) is 7.41. The van der Waals surface area contributed by atoms with Gasteiger partial charge in [-0.3, -0.25) is 4.79 Å². The molecular weight excluding hydrogens is 390 g/mol. The molecule has 0 bridgehead atoms. The molecule has 0 saturated heterocycles. The molecule has 0 unspecified atom stereocenters. The molecule has 3 aromatic carbocycles. The number of ether oxygens (including phenoxy) is 1. The van der Waals surface area contributed by atoms with Crippen LogP contribution in [-0.4, -0.2) is 12.5 Å². The van der Waals surface area contributed by atoms with Crippen LogP contribution in [0.15, 0.2) is 59.1 Å². The summed E-state index contributed by atoms with van der Waals surface area (Å²) in [5, 5.41) is 5.58. The largest absolute Gasteiger partial charge is 0.483 e. The second-order valence-electron chi connectivity index (χ2n) is 5.35. The van der Waals surface area contributed by atoms with Gasteiger partial charge >= 0.3 is 0 Å². The van der Waals surface area contributed by atoms with Crippen LogP contribution in [0.5, 0.6) is 5.75 Å². The first-order chi connectivity index (χ1) is 11.6. The summed E-state index contributed by atoms with van der Waals surface area (Å²) in [7, 11) is 0. The lowest BCUT2D eigenvalue weighted by Crippen LogP contribution is -2.20. The van der Waals surface area contributed by atoms with Crippen molar-refractivity contribution in [2.45, 2.75) is 6.92 Å². The van der Waals surface area contributed by atoms with E-state index in [1.54, 1.807) is 12.1 Å². The summed E-state index contributed by atoms with van der Waals surface area (Å²) in [5.74, 6) is 0.395. The van der Waals surface area contributed by atoms with E-state index in [-0.39, 0.29) is 12.5 Å². The predicted molar refractivity (Wildman–Crippen MR) is 102 cm³/mol. The van der Waals surface area contributed by atoms with Gasteiger partial charge in [-0.1, -0.05) is 48.0 Å². The van der Waals surface area contributed by atoms with Gasteiger partial charge in [-0.05, 0) is 57.4 Å². The van der Waals surface area contributed by atoms with E-state index >= 15 is 0 Å². The Labute approximate surface area is 153 Å². The van der Waals surface area contributed by atoms with Crippen LogP contribution in [0.3, 0.4) is 0 Å². The lowest BCUT2D eigenvalue weighted by molar-refractivity contribution is -0.118. The van der Waals surface area contributed by atoms with Crippen LogP contribution >= 0.6 is 27.5 Å². The summed E-state index contributed by atoms with van der Waals surface area (Å²) in [5.41, 5.74) is 1.52. The van der Waals surface area contributed by atoms with Crippen molar-refractivity contribution in [3.8, 4) is 5.75 Å². The minimum atomic E-state index is -0.236. The second kappa shape index (κ2) is 7.24. The molecule has 122 valence electrons. The third-order valence-electron chi connectivity index (χ3n) is 3.73. The summed E-state index contributed by atoms with van der Waals surface area (Å²) >= 11 is 9.60. The molecule has 0 fully saturated rings. The average Bonchev–Trinajstić information content (AvgIpc) is 2.59. The van der Waals surface area contributed by atoms with E-state index in [9.17, 15) is 4.79 Å². The van der Waals surface area contributed by atoms with Gasteiger partial charge in [0.15, 0.2) is 6.61 Å². The first kappa shape index (κ1) is 16.8. The van der Waals surface area contributed by atoms with Crippen LogP contribution in [0.2, 0.25) is 5.02 Å². The zero-order chi connectivity index (χ0) is 17.1. The maximum Gasteiger partial charge on any atom is 0.262 e. The highest BCUT2D eigenvalue weighted by molar-refractivity contribution is 9.10. The quantitative estimate of drug-likeness (QED) is 0.616. The monoisotopic (exact) mass is 403 g/mol. The standard InChI is InChI=1S/C19H15BrClNO2/c1-12-15(21)7-4-8-16(12)22-18(23)11-24-17-10-9-13-5-2-3-6-14(13)19(17)20/h2-10H,11H2,1H3,(H,22,23). The highest BCUT2D eigenvalue weighted by Gasteiger charge is 2.10. The van der Waals surface area contributed by atoms with Crippen LogP contribution in [0.4, 0.5) is 5.69 Å². The average molecular weight is 405 g/mol. The molecule has 5 heteroatoms. The maximum absolute atomic E-state index is 12.1. The molecule has 0 atom stereocenters. The topological polar surface area (TPSA) is 38.3 Å². The molecule has 24 heavy (non-hydrogen) atoms. The normalized spacial score (nSPS) is 10.6. The van der Waals surface area contributed by atoms with Gasteiger partial charge < -0.3 is 10.1 Å². The van der Waals surface area contributed by atoms with E-state index in [1.807, 2.05) is 49.4 Å². The number of hydrogen-bond acceptors (Lipinski definition) is 2. The number of amides is 1. The summed E-state index contributed by atoms with van der Waals surface area (Å²) in [6, 6.07) is 17.2. The third kappa shape index (κ3) is 3.55. The fourth-order valence-electron chi connectivity index (χ4n) is 2.40. The second-order valence-corrected chi connectivity index (χ2v) is 6.55. The molecular formula is C19H15BrClNO2. The number of benzene rings is 3. The zero-order valence-electron chi connectivity index (χ0n) is 13.0. The molecule has 1 amide bonds. The van der Waals surface area contributed by atoms with Gasteiger partial charge in [-0.25, -0.2) is 0 Å². The Morgan fingerprint density at radius 3 is 2.75 bits per heavy atom. The van der Waals surface area contributed by atoms with E-state index in [4.69, 9.17) is 16.3 Å². The zero-order valence-corrected chi connectivity index (χ0v) is 15.3. The number of rotatable bonds is 4. The van der Waals surface area contributed by atoms with Gasteiger partial charge in [0.25, 0.3) is 5.91 Å². The molecule has 0 saturated carbocycles. The fourth-order valence-corrected chi connectivity index (χ4v) is 3.18. The van der Waals surface area contributed by atoms with Gasteiger partial charge in [0.05, 0.1) is 4.47 Å². The summed E-state index contributed by atoms with van der Waals surface area (Å²) in [6.45, 7) is 1.78. The van der Waals surface area contributed by atoms with Gasteiger partial charge in [-0.2, -0.15) is 0 Å². The molecule has 3 rings (SSSR count). The van der Waals surface area contributed by atoms with Crippen molar-refractivity contribution in [2.75, 3.05) is 11.9 Å². The molecule has 0 spiro atoms. The number of carbonyl (C=O) groups excluding carboxylic acids is 1. The van der Waals surface area contributed by atoms with Crippen LogP contribution in [0.25, 0.3) is 10.8 Å². The van der Waals surface area contributed by atoms with Gasteiger partial charge in [0.1, 0.15) is 5.75 Å². The predicted octanol–water partition coefficient (Wildman–Crippen LogP) is 5.58. The Hall–Kier alpha value is -2.04. The van der Waals surface area contributed by atoms with Crippen molar-refractivity contribution in [2.24, 2.45) is 0 Å². The SMILES string of the molecule is Cc1c(Cl)cccc1NC(=O)COc1ccc2ccccc2c1Br. The number of fused-ring (bicyclic) bond motifs is 1. The van der Waals surface area contributed by atoms with Crippen molar-refractivity contribution >= 4 is 49.9 Å². The van der Waals surface area contributed by atoms with Crippen molar-refractivity contribution in [1.29, 1.82) is 0 Å². The Morgan fingerprint density at radius 2 is 1.92 bits per heavy atom. The Morgan fingerprint density at radius 1 is 1.12 bits per heavy atom. The van der Waals surface area contributed by atoms with Crippen LogP contribution in [0, 0.1) is 6.92 Å². The number of nitrogens with one attached hydrogen (secondary N) is 1. The highest BCUT2D eigenvalue weighted by Crippen LogP contribution is 2.33. The van der Waals surface area contributed by atoms with Gasteiger partial charge in [0, 0.05) is 10.7 Å². The molecule has 0 aromatic heterocycles. The molecule has 0 heterocycles. The Kier molecular flexibility index (Phi) is 5.07.